The Hall–Kier alpha value is -1.61. The Morgan fingerprint density at radius 1 is 0.571 bits per heavy atom. The van der Waals surface area contributed by atoms with Crippen LogP contribution in [0.2, 0.25) is 0 Å². The molecule has 0 spiro atoms. The predicted molar refractivity (Wildman–Crippen MR) is 63.2 cm³/mol. The molecule has 0 atom stereocenters. The molecule has 2 nitrogen and oxygen atoms in total. The average molecular weight is 204 g/mol. The summed E-state index contributed by atoms with van der Waals surface area (Å²) in [6, 6.07) is 11.4. The van der Waals surface area contributed by atoms with Crippen LogP contribution >= 0.6 is 12.2 Å². The lowest BCUT2D eigenvalue weighted by atomic mass is 10.5. The molecule has 2 aromatic heterocycles. The van der Waals surface area contributed by atoms with Crippen molar-refractivity contribution >= 4 is 18.1 Å². The molecule has 0 aliphatic heterocycles. The second-order valence-corrected chi connectivity index (χ2v) is 2.05. The van der Waals surface area contributed by atoms with E-state index in [0.29, 0.717) is 0 Å². The zero-order valence-electron chi connectivity index (χ0n) is 7.78. The number of thiocarbonyl (C=S) groups is 1. The standard InChI is InChI=1S/2C5H5N.CH2S/c2*1-2-4-6-5-3-1;1-2/h2*1-5H;1H2. The zero-order valence-corrected chi connectivity index (χ0v) is 8.60. The van der Waals surface area contributed by atoms with Crippen LogP contribution in [-0.2, 0) is 0 Å². The van der Waals surface area contributed by atoms with E-state index in [1.165, 1.54) is 0 Å². The fraction of sp³-hybridized carbons (Fsp3) is 0. The maximum atomic E-state index is 3.83. The Bertz CT molecular complexity index is 202. The Labute approximate surface area is 89.7 Å². The minimum atomic E-state index is 1.75. The van der Waals surface area contributed by atoms with Crippen molar-refractivity contribution in [2.45, 2.75) is 0 Å². The fourth-order valence-corrected chi connectivity index (χ4v) is 0.625. The lowest BCUT2D eigenvalue weighted by Gasteiger charge is -1.70. The number of hydrogen-bond donors (Lipinski definition) is 0. The van der Waals surface area contributed by atoms with Crippen molar-refractivity contribution in [3.05, 3.63) is 61.2 Å². The maximum Gasteiger partial charge on any atom is 0.0267 e. The topological polar surface area (TPSA) is 25.8 Å². The van der Waals surface area contributed by atoms with Gasteiger partial charge in [0.25, 0.3) is 0 Å². The van der Waals surface area contributed by atoms with E-state index in [0.717, 1.165) is 0 Å². The molecule has 0 amide bonds. The smallest absolute Gasteiger partial charge is 0.0267 e. The van der Waals surface area contributed by atoms with Crippen molar-refractivity contribution in [1.29, 1.82) is 0 Å². The molecule has 3 heteroatoms. The summed E-state index contributed by atoms with van der Waals surface area (Å²) in [4.78, 5) is 7.57. The third-order valence-corrected chi connectivity index (χ3v) is 1.13. The van der Waals surface area contributed by atoms with Crippen molar-refractivity contribution in [2.24, 2.45) is 0 Å². The summed E-state index contributed by atoms with van der Waals surface area (Å²) in [5, 5.41) is 0. The van der Waals surface area contributed by atoms with Gasteiger partial charge in [0.2, 0.25) is 0 Å². The summed E-state index contributed by atoms with van der Waals surface area (Å²) in [6.45, 7) is 0. The number of hydrogen-bond acceptors (Lipinski definition) is 3. The van der Waals surface area contributed by atoms with Crippen LogP contribution in [0.5, 0.6) is 0 Å². The van der Waals surface area contributed by atoms with E-state index < -0.39 is 0 Å². The van der Waals surface area contributed by atoms with Gasteiger partial charge in [-0.05, 0) is 30.1 Å². The fourth-order valence-electron chi connectivity index (χ4n) is 0.625. The maximum absolute atomic E-state index is 3.83. The molecule has 0 bridgehead atoms. The van der Waals surface area contributed by atoms with Crippen LogP contribution in [-0.4, -0.2) is 15.8 Å². The van der Waals surface area contributed by atoms with Gasteiger partial charge in [-0.3, -0.25) is 9.97 Å². The van der Waals surface area contributed by atoms with Gasteiger partial charge in [-0.15, -0.1) is 0 Å². The molecule has 0 N–H and O–H groups in total. The van der Waals surface area contributed by atoms with Crippen LogP contribution < -0.4 is 0 Å². The average Bonchev–Trinajstić information content (AvgIpc) is 2.37. The van der Waals surface area contributed by atoms with Gasteiger partial charge in [0.15, 0.2) is 0 Å². The molecule has 0 unspecified atom stereocenters. The normalized spacial score (nSPS) is 7.14. The number of nitrogens with zero attached hydrogens (tertiary/aromatic N) is 2. The van der Waals surface area contributed by atoms with Crippen molar-refractivity contribution in [3.8, 4) is 0 Å². The summed E-state index contributed by atoms with van der Waals surface area (Å²) < 4.78 is 0. The molecule has 0 aliphatic rings. The first kappa shape index (κ1) is 12.4. The Morgan fingerprint density at radius 2 is 0.857 bits per heavy atom. The van der Waals surface area contributed by atoms with Crippen LogP contribution in [0.3, 0.4) is 0 Å². The predicted octanol–water partition coefficient (Wildman–Crippen LogP) is 2.78. The van der Waals surface area contributed by atoms with Crippen molar-refractivity contribution < 1.29 is 0 Å². The lowest BCUT2D eigenvalue weighted by Crippen LogP contribution is -1.58. The van der Waals surface area contributed by atoms with Gasteiger partial charge in [-0.25, -0.2) is 0 Å². The van der Waals surface area contributed by atoms with Gasteiger partial charge in [-0.2, -0.15) is 0 Å². The molecule has 2 heterocycles. The van der Waals surface area contributed by atoms with E-state index in [4.69, 9.17) is 0 Å². The van der Waals surface area contributed by atoms with Gasteiger partial charge in [-0.1, -0.05) is 24.4 Å². The van der Waals surface area contributed by atoms with Gasteiger partial charge >= 0.3 is 0 Å². The minimum absolute atomic E-state index is 1.75. The van der Waals surface area contributed by atoms with Crippen LogP contribution in [0, 0.1) is 0 Å². The highest BCUT2D eigenvalue weighted by atomic mass is 32.1. The van der Waals surface area contributed by atoms with E-state index in [-0.39, 0.29) is 0 Å². The van der Waals surface area contributed by atoms with Gasteiger partial charge in [0.05, 0.1) is 0 Å². The molecule has 0 saturated carbocycles. The van der Waals surface area contributed by atoms with Crippen molar-refractivity contribution in [1.82, 2.24) is 9.97 Å². The van der Waals surface area contributed by atoms with Crippen LogP contribution in [0.15, 0.2) is 61.2 Å². The first-order valence-electron chi connectivity index (χ1n) is 3.99. The highest BCUT2D eigenvalue weighted by Gasteiger charge is 1.59. The molecule has 72 valence electrons. The third kappa shape index (κ3) is 8.49. The summed E-state index contributed by atoms with van der Waals surface area (Å²) in [6.07, 6.45) is 7.00. The first-order valence-corrected chi connectivity index (χ1v) is 4.57. The SMILES string of the molecule is C=S.c1ccncc1.c1ccncc1. The van der Waals surface area contributed by atoms with Crippen LogP contribution in [0.1, 0.15) is 0 Å². The molecule has 0 fully saturated rings. The molecular weight excluding hydrogens is 192 g/mol. The first-order chi connectivity index (χ1) is 7.00. The van der Waals surface area contributed by atoms with Crippen molar-refractivity contribution in [3.63, 3.8) is 0 Å². The Morgan fingerprint density at radius 3 is 0.929 bits per heavy atom. The number of aromatic nitrogens is 2. The molecule has 0 aliphatic carbocycles. The summed E-state index contributed by atoms with van der Waals surface area (Å²) >= 11 is 3.83. The molecule has 0 saturated heterocycles. The summed E-state index contributed by atoms with van der Waals surface area (Å²) in [5.41, 5.74) is 0. The van der Waals surface area contributed by atoms with Gasteiger partial charge in [0, 0.05) is 24.8 Å². The highest BCUT2D eigenvalue weighted by Crippen LogP contribution is 1.74. The van der Waals surface area contributed by atoms with E-state index >= 15 is 0 Å². The van der Waals surface area contributed by atoms with Crippen LogP contribution in [0.4, 0.5) is 0 Å². The minimum Gasteiger partial charge on any atom is -0.265 e. The number of pyridine rings is 2. The van der Waals surface area contributed by atoms with E-state index in [1.54, 1.807) is 24.8 Å². The second kappa shape index (κ2) is 11.4. The lowest BCUT2D eigenvalue weighted by molar-refractivity contribution is 1.33. The van der Waals surface area contributed by atoms with E-state index in [9.17, 15) is 0 Å². The molecule has 2 rings (SSSR count). The van der Waals surface area contributed by atoms with Gasteiger partial charge < -0.3 is 0 Å². The van der Waals surface area contributed by atoms with Crippen molar-refractivity contribution in [2.75, 3.05) is 0 Å². The summed E-state index contributed by atoms with van der Waals surface area (Å²) in [7, 11) is 0. The largest absolute Gasteiger partial charge is 0.265 e. The monoisotopic (exact) mass is 204 g/mol. The molecule has 14 heavy (non-hydrogen) atoms. The van der Waals surface area contributed by atoms with E-state index in [2.05, 4.69) is 28.1 Å². The summed E-state index contributed by atoms with van der Waals surface area (Å²) in [5.74, 6) is 2.83. The molecule has 2 aromatic rings. The Balaban J connectivity index is 0.000000206. The Kier molecular flexibility index (Phi) is 10.1. The van der Waals surface area contributed by atoms with E-state index in [1.807, 2.05) is 36.4 Å². The quantitative estimate of drug-likeness (QED) is 0.617. The zero-order chi connectivity index (χ0) is 10.5. The molecule has 0 aromatic carbocycles. The highest BCUT2D eigenvalue weighted by molar-refractivity contribution is 7.77. The van der Waals surface area contributed by atoms with Crippen LogP contribution in [0.25, 0.3) is 0 Å². The number of rotatable bonds is 0. The molecular formula is C11H12N2S. The second-order valence-electron chi connectivity index (χ2n) is 2.05. The third-order valence-electron chi connectivity index (χ3n) is 1.13. The molecule has 0 radical (unpaired) electrons. The van der Waals surface area contributed by atoms with Gasteiger partial charge in [0.1, 0.15) is 0 Å².